The van der Waals surface area contributed by atoms with Crippen molar-refractivity contribution >= 4 is 22.5 Å². The van der Waals surface area contributed by atoms with E-state index in [0.717, 1.165) is 17.0 Å². The Morgan fingerprint density at radius 3 is 2.79 bits per heavy atom. The summed E-state index contributed by atoms with van der Waals surface area (Å²) in [6, 6.07) is 14.2. The fraction of sp³-hybridized carbons (Fsp3) is 0.100. The van der Waals surface area contributed by atoms with Gasteiger partial charge in [-0.15, -0.1) is 0 Å². The summed E-state index contributed by atoms with van der Waals surface area (Å²) >= 11 is 0. The Labute approximate surface area is 159 Å². The first-order valence-corrected chi connectivity index (χ1v) is 8.85. The normalized spacial score (nSPS) is 12.5. The van der Waals surface area contributed by atoms with Crippen LogP contribution in [0.3, 0.4) is 0 Å². The topological polar surface area (TPSA) is 72.9 Å². The SMILES string of the molecule is C[C@H](Nc1ncnn2ccnc12)c1nc2ccc(F)cc2n1-c1ccccc1. The Kier molecular flexibility index (Phi) is 3.75. The molecule has 0 bridgehead atoms. The van der Waals surface area contributed by atoms with E-state index in [1.165, 1.54) is 18.5 Å². The van der Waals surface area contributed by atoms with E-state index in [0.29, 0.717) is 17.0 Å². The maximum Gasteiger partial charge on any atom is 0.196 e. The zero-order chi connectivity index (χ0) is 19.1. The highest BCUT2D eigenvalue weighted by Gasteiger charge is 2.20. The fourth-order valence-corrected chi connectivity index (χ4v) is 3.33. The molecule has 0 unspecified atom stereocenters. The third kappa shape index (κ3) is 2.66. The third-order valence-corrected chi connectivity index (χ3v) is 4.59. The molecule has 1 N–H and O–H groups in total. The number of imidazole rings is 2. The molecular weight excluding hydrogens is 357 g/mol. The number of fused-ring (bicyclic) bond motifs is 2. The molecule has 2 aromatic carbocycles. The minimum atomic E-state index is -0.299. The molecule has 138 valence electrons. The summed E-state index contributed by atoms with van der Waals surface area (Å²) in [7, 11) is 0. The number of hydrogen-bond donors (Lipinski definition) is 1. The fourth-order valence-electron chi connectivity index (χ4n) is 3.33. The molecule has 0 aliphatic rings. The maximum atomic E-state index is 13.9. The lowest BCUT2D eigenvalue weighted by molar-refractivity contribution is 0.629. The van der Waals surface area contributed by atoms with Crippen LogP contribution in [0.25, 0.3) is 22.4 Å². The number of para-hydroxylation sites is 1. The van der Waals surface area contributed by atoms with E-state index >= 15 is 0 Å². The Morgan fingerprint density at radius 1 is 1.07 bits per heavy atom. The van der Waals surface area contributed by atoms with Crippen LogP contribution in [-0.4, -0.2) is 29.1 Å². The number of aromatic nitrogens is 6. The van der Waals surface area contributed by atoms with Crippen LogP contribution in [0.1, 0.15) is 18.8 Å². The number of rotatable bonds is 4. The van der Waals surface area contributed by atoms with Gasteiger partial charge in [-0.2, -0.15) is 5.10 Å². The number of nitrogens with zero attached hydrogens (tertiary/aromatic N) is 6. The lowest BCUT2D eigenvalue weighted by Crippen LogP contribution is -2.15. The molecule has 0 aliphatic heterocycles. The van der Waals surface area contributed by atoms with Crippen LogP contribution in [0, 0.1) is 5.82 Å². The van der Waals surface area contributed by atoms with Crippen molar-refractivity contribution in [2.75, 3.05) is 5.32 Å². The second-order valence-electron chi connectivity index (χ2n) is 6.44. The van der Waals surface area contributed by atoms with Gasteiger partial charge in [-0.25, -0.2) is 23.9 Å². The Morgan fingerprint density at radius 2 is 1.93 bits per heavy atom. The molecule has 1 atom stereocenters. The van der Waals surface area contributed by atoms with Crippen LogP contribution in [0.4, 0.5) is 10.2 Å². The predicted octanol–water partition coefficient (Wildman–Crippen LogP) is 3.78. The van der Waals surface area contributed by atoms with Gasteiger partial charge in [0.15, 0.2) is 11.5 Å². The number of hydrogen-bond acceptors (Lipinski definition) is 5. The molecule has 0 fully saturated rings. The molecule has 0 saturated carbocycles. The van der Waals surface area contributed by atoms with Crippen molar-refractivity contribution in [2.24, 2.45) is 0 Å². The summed E-state index contributed by atoms with van der Waals surface area (Å²) in [4.78, 5) is 13.4. The van der Waals surface area contributed by atoms with Crippen molar-refractivity contribution in [3.63, 3.8) is 0 Å². The van der Waals surface area contributed by atoms with Crippen molar-refractivity contribution in [2.45, 2.75) is 13.0 Å². The minimum Gasteiger partial charge on any atom is -0.357 e. The van der Waals surface area contributed by atoms with E-state index < -0.39 is 0 Å². The summed E-state index contributed by atoms with van der Waals surface area (Å²) in [6.45, 7) is 1.98. The van der Waals surface area contributed by atoms with Crippen molar-refractivity contribution in [1.82, 2.24) is 29.1 Å². The van der Waals surface area contributed by atoms with E-state index in [2.05, 4.69) is 20.4 Å². The summed E-state index contributed by atoms with van der Waals surface area (Å²) in [6.07, 6.45) is 4.90. The molecule has 0 saturated heterocycles. The van der Waals surface area contributed by atoms with Crippen LogP contribution < -0.4 is 5.32 Å². The second-order valence-corrected chi connectivity index (χ2v) is 6.44. The Bertz CT molecular complexity index is 1280. The van der Waals surface area contributed by atoms with Gasteiger partial charge < -0.3 is 5.32 Å². The Hall–Kier alpha value is -3.81. The van der Waals surface area contributed by atoms with Crippen molar-refractivity contribution in [1.29, 1.82) is 0 Å². The molecule has 7 nitrogen and oxygen atoms in total. The first-order valence-electron chi connectivity index (χ1n) is 8.85. The van der Waals surface area contributed by atoms with Crippen LogP contribution >= 0.6 is 0 Å². The lowest BCUT2D eigenvalue weighted by atomic mass is 10.2. The van der Waals surface area contributed by atoms with Gasteiger partial charge in [-0.3, -0.25) is 4.57 Å². The average molecular weight is 373 g/mol. The molecule has 28 heavy (non-hydrogen) atoms. The van der Waals surface area contributed by atoms with Gasteiger partial charge in [0.2, 0.25) is 0 Å². The molecule has 0 spiro atoms. The highest BCUT2D eigenvalue weighted by atomic mass is 19.1. The highest BCUT2D eigenvalue weighted by Crippen LogP contribution is 2.28. The average Bonchev–Trinajstić information content (AvgIpc) is 3.33. The first kappa shape index (κ1) is 16.4. The molecule has 3 heterocycles. The zero-order valence-electron chi connectivity index (χ0n) is 15.0. The standard InChI is InChI=1S/C20H16FN7/c1-13(25-18-20-22-9-10-27(20)24-12-23-18)19-26-16-8-7-14(21)11-17(16)28(19)15-5-3-2-4-6-15/h2-13H,1H3,(H,23,24,25)/t13-/m0/s1. The summed E-state index contributed by atoms with van der Waals surface area (Å²) in [5, 5.41) is 7.49. The summed E-state index contributed by atoms with van der Waals surface area (Å²) < 4.78 is 17.6. The summed E-state index contributed by atoms with van der Waals surface area (Å²) in [5.74, 6) is 1.05. The molecule has 0 aliphatic carbocycles. The van der Waals surface area contributed by atoms with Gasteiger partial charge in [-0.1, -0.05) is 18.2 Å². The van der Waals surface area contributed by atoms with Gasteiger partial charge >= 0.3 is 0 Å². The van der Waals surface area contributed by atoms with Crippen LogP contribution in [0.5, 0.6) is 0 Å². The zero-order valence-corrected chi connectivity index (χ0v) is 15.0. The van der Waals surface area contributed by atoms with Gasteiger partial charge in [-0.05, 0) is 31.2 Å². The van der Waals surface area contributed by atoms with Crippen molar-refractivity contribution in [3.8, 4) is 5.69 Å². The third-order valence-electron chi connectivity index (χ3n) is 4.59. The second kappa shape index (κ2) is 6.41. The molecule has 0 radical (unpaired) electrons. The molecular formula is C20H16FN7. The Balaban J connectivity index is 1.64. The molecule has 0 amide bonds. The summed E-state index contributed by atoms with van der Waals surface area (Å²) in [5.41, 5.74) is 2.97. The van der Waals surface area contributed by atoms with Gasteiger partial charge in [0.25, 0.3) is 0 Å². The molecule has 5 rings (SSSR count). The number of anilines is 1. The lowest BCUT2D eigenvalue weighted by Gasteiger charge is -2.17. The van der Waals surface area contributed by atoms with Gasteiger partial charge in [0.1, 0.15) is 18.0 Å². The quantitative estimate of drug-likeness (QED) is 0.519. The molecule has 5 aromatic rings. The highest BCUT2D eigenvalue weighted by molar-refractivity contribution is 5.78. The smallest absolute Gasteiger partial charge is 0.196 e. The number of nitrogens with one attached hydrogen (secondary N) is 1. The van der Waals surface area contributed by atoms with Crippen LogP contribution in [-0.2, 0) is 0 Å². The number of halogens is 1. The first-order chi connectivity index (χ1) is 13.7. The van der Waals surface area contributed by atoms with Crippen LogP contribution in [0.2, 0.25) is 0 Å². The number of benzene rings is 2. The molecule has 3 aromatic heterocycles. The van der Waals surface area contributed by atoms with Crippen molar-refractivity contribution in [3.05, 3.63) is 78.9 Å². The van der Waals surface area contributed by atoms with E-state index in [1.807, 2.05) is 41.8 Å². The minimum absolute atomic E-state index is 0.217. The van der Waals surface area contributed by atoms with E-state index in [1.54, 1.807) is 23.0 Å². The van der Waals surface area contributed by atoms with E-state index in [9.17, 15) is 4.39 Å². The van der Waals surface area contributed by atoms with Gasteiger partial charge in [0.05, 0.1) is 17.1 Å². The van der Waals surface area contributed by atoms with Crippen molar-refractivity contribution < 1.29 is 4.39 Å². The largest absolute Gasteiger partial charge is 0.357 e. The van der Waals surface area contributed by atoms with E-state index in [-0.39, 0.29) is 11.9 Å². The van der Waals surface area contributed by atoms with Crippen LogP contribution in [0.15, 0.2) is 67.3 Å². The van der Waals surface area contributed by atoms with E-state index in [4.69, 9.17) is 4.98 Å². The maximum absolute atomic E-state index is 13.9. The monoisotopic (exact) mass is 373 g/mol. The predicted molar refractivity (Wildman–Crippen MR) is 104 cm³/mol. The van der Waals surface area contributed by atoms with Gasteiger partial charge in [0, 0.05) is 24.1 Å². The molecule has 8 heteroatoms.